The molecular weight excluding hydrogens is 229 g/mol. The lowest BCUT2D eigenvalue weighted by molar-refractivity contribution is -0.262. The van der Waals surface area contributed by atoms with Gasteiger partial charge in [-0.05, 0) is 61.7 Å². The summed E-state index contributed by atoms with van der Waals surface area (Å²) in [7, 11) is 0. The molecule has 98 valence electrons. The van der Waals surface area contributed by atoms with Gasteiger partial charge in [-0.1, -0.05) is 6.92 Å². The molecule has 0 amide bonds. The molecule has 3 atom stereocenters. The van der Waals surface area contributed by atoms with E-state index in [0.717, 1.165) is 19.8 Å². The second-order valence-electron chi connectivity index (χ2n) is 7.16. The highest BCUT2D eigenvalue weighted by Gasteiger charge is 2.71. The Morgan fingerprint density at radius 2 is 1.82 bits per heavy atom. The van der Waals surface area contributed by atoms with Gasteiger partial charge in [0.1, 0.15) is 0 Å². The third kappa shape index (κ3) is 1.36. The van der Waals surface area contributed by atoms with Crippen molar-refractivity contribution in [2.45, 2.75) is 57.7 Å². The van der Waals surface area contributed by atoms with E-state index in [-0.39, 0.29) is 17.8 Å². The molecule has 4 heteroatoms. The molecule has 4 aliphatic carbocycles. The van der Waals surface area contributed by atoms with Gasteiger partial charge in [0, 0.05) is 0 Å². The first-order valence-corrected chi connectivity index (χ1v) is 6.37. The topological polar surface area (TPSA) is 20.2 Å². The molecule has 0 aromatic heterocycles. The fraction of sp³-hybridized carbons (Fsp3) is 1.00. The molecule has 3 bridgehead atoms. The van der Waals surface area contributed by atoms with Crippen LogP contribution in [0.3, 0.4) is 0 Å². The molecular formula is C13H19F3O. The lowest BCUT2D eigenvalue weighted by Crippen LogP contribution is -2.48. The Labute approximate surface area is 99.4 Å². The van der Waals surface area contributed by atoms with Gasteiger partial charge in [-0.25, -0.2) is 0 Å². The van der Waals surface area contributed by atoms with Crippen LogP contribution in [-0.2, 0) is 0 Å². The minimum absolute atomic E-state index is 0.0478. The highest BCUT2D eigenvalue weighted by molar-refractivity contribution is 5.20. The van der Waals surface area contributed by atoms with E-state index >= 15 is 0 Å². The highest BCUT2D eigenvalue weighted by atomic mass is 19.4. The van der Waals surface area contributed by atoms with Crippen molar-refractivity contribution in [1.82, 2.24) is 0 Å². The van der Waals surface area contributed by atoms with Gasteiger partial charge in [-0.3, -0.25) is 0 Å². The number of alkyl halides is 3. The monoisotopic (exact) mass is 248 g/mol. The Hall–Kier alpha value is -0.250. The van der Waals surface area contributed by atoms with Crippen LogP contribution < -0.4 is 0 Å². The molecule has 0 aliphatic heterocycles. The molecule has 3 unspecified atom stereocenters. The minimum Gasteiger partial charge on any atom is -0.381 e. The Kier molecular flexibility index (Phi) is 1.97. The van der Waals surface area contributed by atoms with Crippen LogP contribution in [0.5, 0.6) is 0 Å². The van der Waals surface area contributed by atoms with Crippen molar-refractivity contribution in [3.63, 3.8) is 0 Å². The van der Waals surface area contributed by atoms with Gasteiger partial charge in [0.05, 0.1) is 0 Å². The maximum Gasteiger partial charge on any atom is 0.416 e. The van der Waals surface area contributed by atoms with Crippen LogP contribution in [0.4, 0.5) is 13.2 Å². The average molecular weight is 248 g/mol. The van der Waals surface area contributed by atoms with Gasteiger partial charge in [-0.15, -0.1) is 0 Å². The third-order valence-electron chi connectivity index (χ3n) is 5.91. The smallest absolute Gasteiger partial charge is 0.381 e. The van der Waals surface area contributed by atoms with E-state index in [1.54, 1.807) is 0 Å². The molecule has 4 fully saturated rings. The minimum atomic E-state index is -4.51. The van der Waals surface area contributed by atoms with Gasteiger partial charge >= 0.3 is 6.18 Å². The van der Waals surface area contributed by atoms with Gasteiger partial charge in [-0.2, -0.15) is 13.2 Å². The molecule has 0 saturated heterocycles. The van der Waals surface area contributed by atoms with Crippen molar-refractivity contribution in [3.05, 3.63) is 0 Å². The van der Waals surface area contributed by atoms with Crippen LogP contribution in [0, 0.1) is 22.7 Å². The summed E-state index contributed by atoms with van der Waals surface area (Å²) in [6.07, 6.45) is -0.212. The average Bonchev–Trinajstić information content (AvgIpc) is 2.58. The van der Waals surface area contributed by atoms with Crippen LogP contribution in [0.2, 0.25) is 0 Å². The van der Waals surface area contributed by atoms with E-state index < -0.39 is 11.8 Å². The summed E-state index contributed by atoms with van der Waals surface area (Å²) >= 11 is 0. The second kappa shape index (κ2) is 2.84. The first kappa shape index (κ1) is 11.8. The van der Waals surface area contributed by atoms with Crippen LogP contribution in [0.15, 0.2) is 0 Å². The standard InChI is InChI=1S/C13H19F3O/c1-10-7-12(5-9(10)6-12)4-8(10)3-11(2,17)13(14,15)16/h8-9,17H,3-7H2,1-2H3. The number of halogens is 3. The molecule has 0 radical (unpaired) electrons. The molecule has 4 saturated carbocycles. The molecule has 4 aliphatic rings. The summed E-state index contributed by atoms with van der Waals surface area (Å²) in [5, 5.41) is 9.63. The van der Waals surface area contributed by atoms with Gasteiger partial charge < -0.3 is 5.11 Å². The Morgan fingerprint density at radius 1 is 1.24 bits per heavy atom. The quantitative estimate of drug-likeness (QED) is 0.792. The maximum atomic E-state index is 12.7. The largest absolute Gasteiger partial charge is 0.416 e. The SMILES string of the molecule is CC12CC3(CC1C3)CC2CC(C)(O)C(F)(F)F. The number of hydrogen-bond acceptors (Lipinski definition) is 1. The van der Waals surface area contributed by atoms with Gasteiger partial charge in [0.25, 0.3) is 0 Å². The molecule has 1 N–H and O–H groups in total. The lowest BCUT2D eigenvalue weighted by atomic mass is 9.55. The molecule has 1 spiro atoms. The molecule has 17 heavy (non-hydrogen) atoms. The Bertz CT molecular complexity index is 354. The summed E-state index contributed by atoms with van der Waals surface area (Å²) in [6, 6.07) is 0. The summed E-state index contributed by atoms with van der Waals surface area (Å²) in [4.78, 5) is 0. The van der Waals surface area contributed by atoms with E-state index in [0.29, 0.717) is 11.3 Å². The summed E-state index contributed by atoms with van der Waals surface area (Å²) < 4.78 is 38.1. The zero-order chi connectivity index (χ0) is 12.7. The number of aliphatic hydroxyl groups is 1. The van der Waals surface area contributed by atoms with Crippen LogP contribution >= 0.6 is 0 Å². The van der Waals surface area contributed by atoms with E-state index in [1.165, 1.54) is 12.8 Å². The van der Waals surface area contributed by atoms with Crippen LogP contribution in [0.1, 0.15) is 46.0 Å². The molecule has 0 aromatic carbocycles. The normalized spacial score (nSPS) is 51.2. The molecule has 0 aromatic rings. The fourth-order valence-electron chi connectivity index (χ4n) is 4.92. The predicted molar refractivity (Wildman–Crippen MR) is 57.3 cm³/mol. The third-order valence-corrected chi connectivity index (χ3v) is 5.91. The molecule has 0 heterocycles. The van der Waals surface area contributed by atoms with Crippen molar-refractivity contribution in [1.29, 1.82) is 0 Å². The summed E-state index contributed by atoms with van der Waals surface area (Å²) in [6.45, 7) is 3.06. The highest BCUT2D eigenvalue weighted by Crippen LogP contribution is 2.79. The van der Waals surface area contributed by atoms with E-state index in [1.807, 2.05) is 0 Å². The first-order valence-electron chi connectivity index (χ1n) is 6.37. The number of hydrogen-bond donors (Lipinski definition) is 1. The van der Waals surface area contributed by atoms with Gasteiger partial charge in [0.2, 0.25) is 0 Å². The van der Waals surface area contributed by atoms with Crippen molar-refractivity contribution in [3.8, 4) is 0 Å². The van der Waals surface area contributed by atoms with Crippen molar-refractivity contribution < 1.29 is 18.3 Å². The summed E-state index contributed by atoms with van der Waals surface area (Å²) in [5.74, 6) is 0.664. The first-order chi connectivity index (χ1) is 7.58. The van der Waals surface area contributed by atoms with Crippen molar-refractivity contribution in [2.75, 3.05) is 0 Å². The van der Waals surface area contributed by atoms with Crippen molar-refractivity contribution in [2.24, 2.45) is 22.7 Å². The number of rotatable bonds is 2. The molecule has 1 nitrogen and oxygen atoms in total. The van der Waals surface area contributed by atoms with Gasteiger partial charge in [0.15, 0.2) is 5.60 Å². The second-order valence-corrected chi connectivity index (χ2v) is 7.16. The fourth-order valence-corrected chi connectivity index (χ4v) is 4.92. The lowest BCUT2D eigenvalue weighted by Gasteiger charge is -2.51. The summed E-state index contributed by atoms with van der Waals surface area (Å²) in [5.41, 5.74) is -2.10. The zero-order valence-corrected chi connectivity index (χ0v) is 10.3. The van der Waals surface area contributed by atoms with E-state index in [2.05, 4.69) is 6.92 Å². The Morgan fingerprint density at radius 3 is 2.18 bits per heavy atom. The zero-order valence-electron chi connectivity index (χ0n) is 10.3. The van der Waals surface area contributed by atoms with Crippen LogP contribution in [0.25, 0.3) is 0 Å². The predicted octanol–water partition coefficient (Wildman–Crippen LogP) is 3.52. The van der Waals surface area contributed by atoms with Crippen molar-refractivity contribution >= 4 is 0 Å². The maximum absolute atomic E-state index is 12.7. The van der Waals surface area contributed by atoms with Crippen LogP contribution in [-0.4, -0.2) is 16.9 Å². The van der Waals surface area contributed by atoms with E-state index in [9.17, 15) is 18.3 Å². The Balaban J connectivity index is 1.77. The molecule has 4 rings (SSSR count). The van der Waals surface area contributed by atoms with E-state index in [4.69, 9.17) is 0 Å².